The summed E-state index contributed by atoms with van der Waals surface area (Å²) in [5.41, 5.74) is 3.45. The molecule has 1 atom stereocenters. The summed E-state index contributed by atoms with van der Waals surface area (Å²) in [7, 11) is 0. The Balaban J connectivity index is 1.62. The summed E-state index contributed by atoms with van der Waals surface area (Å²) in [4.78, 5) is 24.7. The highest BCUT2D eigenvalue weighted by Crippen LogP contribution is 2.34. The van der Waals surface area contributed by atoms with Gasteiger partial charge in [0.05, 0.1) is 11.6 Å². The smallest absolute Gasteiger partial charge is 0.338 e. The molecule has 0 aromatic heterocycles. The number of benzene rings is 2. The lowest BCUT2D eigenvalue weighted by Gasteiger charge is -2.25. The highest BCUT2D eigenvalue weighted by atomic mass is 16.6. The van der Waals surface area contributed by atoms with Crippen LogP contribution in [0.4, 0.5) is 0 Å². The van der Waals surface area contributed by atoms with Crippen molar-refractivity contribution in [1.29, 1.82) is 0 Å². The maximum atomic E-state index is 12.4. The van der Waals surface area contributed by atoms with E-state index in [4.69, 9.17) is 14.2 Å². The van der Waals surface area contributed by atoms with Crippen LogP contribution in [0.1, 0.15) is 46.9 Å². The Kier molecular flexibility index (Phi) is 6.42. The molecule has 6 heteroatoms. The molecular weight excluding hydrogens is 370 g/mol. The van der Waals surface area contributed by atoms with Gasteiger partial charge in [-0.2, -0.15) is 0 Å². The molecule has 1 N–H and O–H groups in total. The summed E-state index contributed by atoms with van der Waals surface area (Å²) in [5.74, 6) is 0.655. The van der Waals surface area contributed by atoms with Crippen LogP contribution in [-0.2, 0) is 9.53 Å². The first-order valence-corrected chi connectivity index (χ1v) is 9.78. The molecule has 2 aromatic rings. The molecule has 2 aromatic carbocycles. The summed E-state index contributed by atoms with van der Waals surface area (Å²) in [6, 6.07) is 10.8. The fraction of sp³-hybridized carbons (Fsp3) is 0.391. The average Bonchev–Trinajstić information content (AvgIpc) is 2.71. The predicted molar refractivity (Wildman–Crippen MR) is 109 cm³/mol. The third-order valence-corrected chi connectivity index (χ3v) is 4.99. The minimum atomic E-state index is -0.510. The summed E-state index contributed by atoms with van der Waals surface area (Å²) in [6.07, 6.45) is 0. The summed E-state index contributed by atoms with van der Waals surface area (Å²) in [6.45, 7) is 8.64. The van der Waals surface area contributed by atoms with Crippen molar-refractivity contribution in [3.63, 3.8) is 0 Å². The van der Waals surface area contributed by atoms with Crippen LogP contribution in [0, 0.1) is 19.8 Å². The molecule has 0 unspecified atom stereocenters. The highest BCUT2D eigenvalue weighted by Gasteiger charge is 2.22. The Labute approximate surface area is 171 Å². The Bertz CT molecular complexity index is 906. The van der Waals surface area contributed by atoms with Gasteiger partial charge in [-0.1, -0.05) is 26.0 Å². The van der Waals surface area contributed by atoms with E-state index in [9.17, 15) is 9.59 Å². The van der Waals surface area contributed by atoms with Crippen molar-refractivity contribution < 1.29 is 23.8 Å². The zero-order valence-corrected chi connectivity index (χ0v) is 17.3. The SMILES string of the molecule is Cc1ccc(C(=O)OCC(=O)N[C@H](c2ccc3c(c2)OCCO3)C(C)C)cc1C. The van der Waals surface area contributed by atoms with Crippen molar-refractivity contribution in [3.05, 3.63) is 58.7 Å². The van der Waals surface area contributed by atoms with E-state index in [1.165, 1.54) is 0 Å². The van der Waals surface area contributed by atoms with Gasteiger partial charge >= 0.3 is 5.97 Å². The van der Waals surface area contributed by atoms with Gasteiger partial charge in [-0.15, -0.1) is 0 Å². The van der Waals surface area contributed by atoms with Gasteiger partial charge in [0.2, 0.25) is 0 Å². The third kappa shape index (κ3) is 5.08. The summed E-state index contributed by atoms with van der Waals surface area (Å²) in [5, 5.41) is 2.95. The van der Waals surface area contributed by atoms with Gasteiger partial charge in [-0.25, -0.2) is 4.79 Å². The van der Waals surface area contributed by atoms with Gasteiger partial charge < -0.3 is 19.5 Å². The molecule has 154 valence electrons. The number of rotatable bonds is 6. The maximum Gasteiger partial charge on any atom is 0.338 e. The number of hydrogen-bond donors (Lipinski definition) is 1. The normalized spacial score (nSPS) is 13.7. The van der Waals surface area contributed by atoms with Crippen molar-refractivity contribution in [2.75, 3.05) is 19.8 Å². The molecular formula is C23H27NO5. The van der Waals surface area contributed by atoms with E-state index >= 15 is 0 Å². The first kappa shape index (κ1) is 20.7. The number of carbonyl (C=O) groups excluding carboxylic acids is 2. The zero-order valence-electron chi connectivity index (χ0n) is 17.3. The molecule has 29 heavy (non-hydrogen) atoms. The molecule has 0 radical (unpaired) electrons. The number of amides is 1. The number of ether oxygens (including phenoxy) is 3. The van der Waals surface area contributed by atoms with Crippen LogP contribution in [0.5, 0.6) is 11.5 Å². The topological polar surface area (TPSA) is 73.9 Å². The number of nitrogens with one attached hydrogen (secondary N) is 1. The maximum absolute atomic E-state index is 12.4. The van der Waals surface area contributed by atoms with E-state index in [1.54, 1.807) is 12.1 Å². The predicted octanol–water partition coefficient (Wildman–Crippen LogP) is 3.74. The highest BCUT2D eigenvalue weighted by molar-refractivity contribution is 5.91. The largest absolute Gasteiger partial charge is 0.486 e. The van der Waals surface area contributed by atoms with Crippen LogP contribution >= 0.6 is 0 Å². The van der Waals surface area contributed by atoms with Gasteiger partial charge in [-0.05, 0) is 60.7 Å². The van der Waals surface area contributed by atoms with Crippen LogP contribution in [0.25, 0.3) is 0 Å². The van der Waals surface area contributed by atoms with Crippen molar-refractivity contribution in [2.45, 2.75) is 33.7 Å². The van der Waals surface area contributed by atoms with Crippen LogP contribution in [0.15, 0.2) is 36.4 Å². The number of esters is 1. The molecule has 0 fully saturated rings. The van der Waals surface area contributed by atoms with Crippen LogP contribution < -0.4 is 14.8 Å². The van der Waals surface area contributed by atoms with Crippen molar-refractivity contribution >= 4 is 11.9 Å². The van der Waals surface area contributed by atoms with Crippen molar-refractivity contribution in [1.82, 2.24) is 5.32 Å². The van der Waals surface area contributed by atoms with Crippen molar-refractivity contribution in [3.8, 4) is 11.5 Å². The Morgan fingerprint density at radius 2 is 1.72 bits per heavy atom. The standard InChI is InChI=1S/C23H27NO5/c1-14(2)22(17-7-8-19-20(12-17)28-10-9-27-19)24-21(25)13-29-23(26)18-6-5-15(3)16(4)11-18/h5-8,11-12,14,22H,9-10,13H2,1-4H3,(H,24,25)/t22-/m0/s1. The van der Waals surface area contributed by atoms with E-state index in [1.807, 2.05) is 52.0 Å². The summed E-state index contributed by atoms with van der Waals surface area (Å²) >= 11 is 0. The molecule has 1 aliphatic rings. The average molecular weight is 397 g/mol. The first-order valence-electron chi connectivity index (χ1n) is 9.78. The Morgan fingerprint density at radius 3 is 2.41 bits per heavy atom. The zero-order chi connectivity index (χ0) is 21.0. The number of hydrogen-bond acceptors (Lipinski definition) is 5. The lowest BCUT2D eigenvalue weighted by Crippen LogP contribution is -2.35. The number of aryl methyl sites for hydroxylation is 2. The minimum absolute atomic E-state index is 0.136. The second-order valence-electron chi connectivity index (χ2n) is 7.57. The van der Waals surface area contributed by atoms with Gasteiger partial charge in [-0.3, -0.25) is 4.79 Å². The van der Waals surface area contributed by atoms with Crippen LogP contribution in [0.3, 0.4) is 0 Å². The second kappa shape index (κ2) is 8.99. The van der Waals surface area contributed by atoms with Crippen molar-refractivity contribution in [2.24, 2.45) is 5.92 Å². The Morgan fingerprint density at radius 1 is 1.00 bits per heavy atom. The molecule has 1 aliphatic heterocycles. The molecule has 1 heterocycles. The number of carbonyl (C=O) groups is 2. The lowest BCUT2D eigenvalue weighted by atomic mass is 9.95. The molecule has 6 nitrogen and oxygen atoms in total. The minimum Gasteiger partial charge on any atom is -0.486 e. The van der Waals surface area contributed by atoms with E-state index in [-0.39, 0.29) is 24.5 Å². The van der Waals surface area contributed by atoms with E-state index in [0.29, 0.717) is 30.3 Å². The van der Waals surface area contributed by atoms with Crippen LogP contribution in [-0.4, -0.2) is 31.7 Å². The van der Waals surface area contributed by atoms with Crippen LogP contribution in [0.2, 0.25) is 0 Å². The lowest BCUT2D eigenvalue weighted by molar-refractivity contribution is -0.125. The van der Waals surface area contributed by atoms with E-state index < -0.39 is 5.97 Å². The quantitative estimate of drug-likeness (QED) is 0.752. The Hall–Kier alpha value is -3.02. The molecule has 3 rings (SSSR count). The van der Waals surface area contributed by atoms with Gasteiger partial charge in [0.25, 0.3) is 5.91 Å². The van der Waals surface area contributed by atoms with Gasteiger partial charge in [0.1, 0.15) is 13.2 Å². The summed E-state index contributed by atoms with van der Waals surface area (Å²) < 4.78 is 16.4. The molecule has 0 spiro atoms. The van der Waals surface area contributed by atoms with Gasteiger partial charge in [0, 0.05) is 0 Å². The van der Waals surface area contributed by atoms with E-state index in [0.717, 1.165) is 16.7 Å². The number of fused-ring (bicyclic) bond motifs is 1. The first-order chi connectivity index (χ1) is 13.8. The molecule has 0 bridgehead atoms. The molecule has 1 amide bonds. The van der Waals surface area contributed by atoms with E-state index in [2.05, 4.69) is 5.32 Å². The molecule has 0 saturated carbocycles. The molecule has 0 saturated heterocycles. The monoisotopic (exact) mass is 397 g/mol. The molecule has 0 aliphatic carbocycles. The fourth-order valence-corrected chi connectivity index (χ4v) is 3.19. The van der Waals surface area contributed by atoms with Gasteiger partial charge in [0.15, 0.2) is 18.1 Å². The fourth-order valence-electron chi connectivity index (χ4n) is 3.19. The second-order valence-corrected chi connectivity index (χ2v) is 7.57. The third-order valence-electron chi connectivity index (χ3n) is 4.99.